The number of nitrogens with two attached hydrogens (primary N) is 1. The first kappa shape index (κ1) is 12.5. The van der Waals surface area contributed by atoms with E-state index < -0.39 is 0 Å². The molecule has 1 atom stereocenters. The van der Waals surface area contributed by atoms with Crippen LogP contribution in [0.1, 0.15) is 40.0 Å². The SMILES string of the molecule is C#CCCCC(N)C(C)(C)OCC. The molecule has 0 fully saturated rings. The van der Waals surface area contributed by atoms with Crippen molar-refractivity contribution in [3.63, 3.8) is 0 Å². The van der Waals surface area contributed by atoms with Crippen molar-refractivity contribution in [1.82, 2.24) is 0 Å². The number of terminal acetylenes is 1. The second-order valence-electron chi connectivity index (χ2n) is 3.74. The molecule has 1 unspecified atom stereocenters. The van der Waals surface area contributed by atoms with E-state index in [4.69, 9.17) is 16.9 Å². The van der Waals surface area contributed by atoms with Crippen LogP contribution in [0.4, 0.5) is 0 Å². The minimum absolute atomic E-state index is 0.0702. The van der Waals surface area contributed by atoms with Gasteiger partial charge in [-0.1, -0.05) is 0 Å². The van der Waals surface area contributed by atoms with E-state index in [0.717, 1.165) is 19.3 Å². The standard InChI is InChI=1S/C11H21NO/c1-5-7-8-9-10(12)11(3,4)13-6-2/h1,10H,6-9,12H2,2-4H3. The Balaban J connectivity index is 3.80. The van der Waals surface area contributed by atoms with E-state index >= 15 is 0 Å². The van der Waals surface area contributed by atoms with Crippen LogP contribution in [0.2, 0.25) is 0 Å². The summed E-state index contributed by atoms with van der Waals surface area (Å²) in [5.41, 5.74) is 5.75. The molecule has 0 aliphatic carbocycles. The summed E-state index contributed by atoms with van der Waals surface area (Å²) in [5.74, 6) is 2.61. The third-order valence-corrected chi connectivity index (χ3v) is 2.25. The van der Waals surface area contributed by atoms with Crippen molar-refractivity contribution in [2.24, 2.45) is 5.73 Å². The summed E-state index contributed by atoms with van der Waals surface area (Å²) in [6.45, 7) is 6.74. The van der Waals surface area contributed by atoms with Crippen LogP contribution in [0.15, 0.2) is 0 Å². The fourth-order valence-corrected chi connectivity index (χ4v) is 1.25. The lowest BCUT2D eigenvalue weighted by Gasteiger charge is -2.31. The maximum Gasteiger partial charge on any atom is 0.0776 e. The number of unbranched alkanes of at least 4 members (excludes halogenated alkanes) is 1. The molecule has 0 bridgehead atoms. The zero-order valence-electron chi connectivity index (χ0n) is 8.97. The Morgan fingerprint density at radius 1 is 1.54 bits per heavy atom. The van der Waals surface area contributed by atoms with Gasteiger partial charge in [-0.3, -0.25) is 0 Å². The summed E-state index contributed by atoms with van der Waals surface area (Å²) in [6, 6.07) is 0.0702. The Morgan fingerprint density at radius 3 is 2.62 bits per heavy atom. The molecule has 0 aromatic rings. The van der Waals surface area contributed by atoms with Crippen molar-refractivity contribution in [2.75, 3.05) is 6.61 Å². The van der Waals surface area contributed by atoms with Crippen molar-refractivity contribution < 1.29 is 4.74 Å². The number of hydrogen-bond acceptors (Lipinski definition) is 2. The molecular formula is C11H21NO. The lowest BCUT2D eigenvalue weighted by molar-refractivity contribution is -0.0309. The van der Waals surface area contributed by atoms with Crippen molar-refractivity contribution in [3.05, 3.63) is 0 Å². The number of rotatable bonds is 6. The summed E-state index contributed by atoms with van der Waals surface area (Å²) < 4.78 is 5.55. The highest BCUT2D eigenvalue weighted by atomic mass is 16.5. The molecule has 0 heterocycles. The van der Waals surface area contributed by atoms with Gasteiger partial charge in [-0.25, -0.2) is 0 Å². The van der Waals surface area contributed by atoms with Gasteiger partial charge in [-0.2, -0.15) is 0 Å². The Kier molecular flexibility index (Phi) is 5.77. The summed E-state index contributed by atoms with van der Waals surface area (Å²) in [6.07, 6.45) is 7.87. The van der Waals surface area contributed by atoms with Gasteiger partial charge in [0.15, 0.2) is 0 Å². The molecule has 0 aliphatic rings. The lowest BCUT2D eigenvalue weighted by Crippen LogP contribution is -2.45. The third kappa shape index (κ3) is 4.92. The van der Waals surface area contributed by atoms with Gasteiger partial charge >= 0.3 is 0 Å². The molecule has 2 N–H and O–H groups in total. The zero-order chi connectivity index (χ0) is 10.3. The molecule has 0 spiro atoms. The van der Waals surface area contributed by atoms with Gasteiger partial charge in [0.2, 0.25) is 0 Å². The molecule has 0 amide bonds. The normalized spacial score (nSPS) is 13.8. The summed E-state index contributed by atoms with van der Waals surface area (Å²) >= 11 is 0. The summed E-state index contributed by atoms with van der Waals surface area (Å²) in [4.78, 5) is 0. The molecule has 0 aromatic heterocycles. The van der Waals surface area contributed by atoms with E-state index in [1.54, 1.807) is 0 Å². The number of ether oxygens (including phenoxy) is 1. The van der Waals surface area contributed by atoms with E-state index in [1.807, 2.05) is 20.8 Å². The second kappa shape index (κ2) is 6.01. The van der Waals surface area contributed by atoms with Crippen LogP contribution in [-0.4, -0.2) is 18.2 Å². The predicted molar refractivity (Wildman–Crippen MR) is 56.4 cm³/mol. The molecular weight excluding hydrogens is 162 g/mol. The minimum Gasteiger partial charge on any atom is -0.374 e. The van der Waals surface area contributed by atoms with E-state index in [1.165, 1.54) is 0 Å². The minimum atomic E-state index is -0.233. The van der Waals surface area contributed by atoms with Crippen LogP contribution < -0.4 is 5.73 Å². The Labute approximate surface area is 81.8 Å². The molecule has 13 heavy (non-hydrogen) atoms. The average Bonchev–Trinajstić information content (AvgIpc) is 2.04. The fourth-order valence-electron chi connectivity index (χ4n) is 1.25. The summed E-state index contributed by atoms with van der Waals surface area (Å²) in [7, 11) is 0. The Morgan fingerprint density at radius 2 is 2.15 bits per heavy atom. The monoisotopic (exact) mass is 183 g/mol. The van der Waals surface area contributed by atoms with Crippen molar-refractivity contribution in [1.29, 1.82) is 0 Å². The zero-order valence-corrected chi connectivity index (χ0v) is 8.97. The quantitative estimate of drug-likeness (QED) is 0.504. The molecule has 0 aliphatic heterocycles. The maximum atomic E-state index is 5.98. The van der Waals surface area contributed by atoms with Crippen molar-refractivity contribution in [2.45, 2.75) is 51.7 Å². The van der Waals surface area contributed by atoms with Crippen LogP contribution in [0, 0.1) is 12.3 Å². The molecule has 0 radical (unpaired) electrons. The van der Waals surface area contributed by atoms with Gasteiger partial charge in [0.05, 0.1) is 5.60 Å². The first-order chi connectivity index (χ1) is 6.04. The van der Waals surface area contributed by atoms with Crippen molar-refractivity contribution in [3.8, 4) is 12.3 Å². The van der Waals surface area contributed by atoms with Crippen LogP contribution in [0.3, 0.4) is 0 Å². The first-order valence-electron chi connectivity index (χ1n) is 4.87. The van der Waals surface area contributed by atoms with Gasteiger partial charge in [0, 0.05) is 19.1 Å². The highest BCUT2D eigenvalue weighted by Crippen LogP contribution is 2.17. The molecule has 76 valence electrons. The van der Waals surface area contributed by atoms with Gasteiger partial charge in [-0.15, -0.1) is 12.3 Å². The Bertz CT molecular complexity index is 169. The van der Waals surface area contributed by atoms with Crippen LogP contribution >= 0.6 is 0 Å². The second-order valence-corrected chi connectivity index (χ2v) is 3.74. The fraction of sp³-hybridized carbons (Fsp3) is 0.818. The maximum absolute atomic E-state index is 5.98. The third-order valence-electron chi connectivity index (χ3n) is 2.25. The predicted octanol–water partition coefficient (Wildman–Crippen LogP) is 1.93. The molecule has 2 heteroatoms. The smallest absolute Gasteiger partial charge is 0.0776 e. The lowest BCUT2D eigenvalue weighted by atomic mass is 9.94. The first-order valence-corrected chi connectivity index (χ1v) is 4.87. The number of hydrogen-bond donors (Lipinski definition) is 1. The van der Waals surface area contributed by atoms with E-state index in [0.29, 0.717) is 6.61 Å². The van der Waals surface area contributed by atoms with Gasteiger partial charge in [0.25, 0.3) is 0 Å². The summed E-state index contributed by atoms with van der Waals surface area (Å²) in [5, 5.41) is 0. The molecule has 0 rings (SSSR count). The van der Waals surface area contributed by atoms with Gasteiger partial charge < -0.3 is 10.5 Å². The largest absolute Gasteiger partial charge is 0.374 e. The Hall–Kier alpha value is -0.520. The van der Waals surface area contributed by atoms with E-state index in [-0.39, 0.29) is 11.6 Å². The van der Waals surface area contributed by atoms with Gasteiger partial charge in [-0.05, 0) is 33.6 Å². The van der Waals surface area contributed by atoms with Crippen LogP contribution in [0.25, 0.3) is 0 Å². The molecule has 0 aromatic carbocycles. The molecule has 2 nitrogen and oxygen atoms in total. The van der Waals surface area contributed by atoms with E-state index in [9.17, 15) is 0 Å². The van der Waals surface area contributed by atoms with E-state index in [2.05, 4.69) is 5.92 Å². The van der Waals surface area contributed by atoms with Crippen LogP contribution in [0.5, 0.6) is 0 Å². The molecule has 0 saturated heterocycles. The molecule has 0 saturated carbocycles. The van der Waals surface area contributed by atoms with Gasteiger partial charge in [0.1, 0.15) is 0 Å². The van der Waals surface area contributed by atoms with Crippen LogP contribution in [-0.2, 0) is 4.74 Å². The highest BCUT2D eigenvalue weighted by Gasteiger charge is 2.25. The topological polar surface area (TPSA) is 35.2 Å². The average molecular weight is 183 g/mol. The highest BCUT2D eigenvalue weighted by molar-refractivity contribution is 4.87. The van der Waals surface area contributed by atoms with Crippen molar-refractivity contribution >= 4 is 0 Å².